The van der Waals surface area contributed by atoms with E-state index in [2.05, 4.69) is 42.8 Å². The van der Waals surface area contributed by atoms with Crippen molar-refractivity contribution in [3.05, 3.63) is 11.6 Å². The molecule has 40 heavy (non-hydrogen) atoms. The van der Waals surface area contributed by atoms with E-state index in [1.165, 1.54) is 12.0 Å². The maximum Gasteiger partial charge on any atom is 0.306 e. The summed E-state index contributed by atoms with van der Waals surface area (Å²) in [4.78, 5) is 25.1. The molecular weight excluding hydrogens is 506 g/mol. The minimum Gasteiger partial charge on any atom is -0.462 e. The van der Waals surface area contributed by atoms with Crippen LogP contribution < -0.4 is 16.0 Å². The highest BCUT2D eigenvalue weighted by atomic mass is 16.5. The molecule has 0 aromatic heterocycles. The predicted molar refractivity (Wildman–Crippen MR) is 156 cm³/mol. The molecule has 4 N–H and O–H groups in total. The van der Waals surface area contributed by atoms with Crippen molar-refractivity contribution < 1.29 is 24.2 Å². The Morgan fingerprint density at radius 2 is 1.90 bits per heavy atom. The van der Waals surface area contributed by atoms with Gasteiger partial charge in [-0.3, -0.25) is 14.9 Å². The van der Waals surface area contributed by atoms with Crippen LogP contribution in [0.4, 0.5) is 0 Å². The topological polar surface area (TPSA) is 109 Å². The number of aliphatic hydroxyl groups excluding tert-OH is 1. The number of nitrogens with one attached hydrogen (secondary N) is 3. The lowest BCUT2D eigenvalue weighted by molar-refractivity contribution is -0.160. The van der Waals surface area contributed by atoms with E-state index in [-0.39, 0.29) is 47.8 Å². The van der Waals surface area contributed by atoms with Gasteiger partial charge in [-0.15, -0.1) is 0 Å². The van der Waals surface area contributed by atoms with Gasteiger partial charge in [0.05, 0.1) is 19.3 Å². The number of aliphatic hydroxyl groups is 1. The molecule has 4 rings (SSSR count). The van der Waals surface area contributed by atoms with E-state index >= 15 is 0 Å². The van der Waals surface area contributed by atoms with Gasteiger partial charge in [-0.25, -0.2) is 0 Å². The van der Waals surface area contributed by atoms with Gasteiger partial charge in [0.2, 0.25) is 5.91 Å². The number of ether oxygens (including phenoxy) is 2. The third-order valence-corrected chi connectivity index (χ3v) is 11.0. The molecule has 8 atom stereocenters. The summed E-state index contributed by atoms with van der Waals surface area (Å²) in [6, 6.07) is 0.382. The Balaban J connectivity index is 1.16. The van der Waals surface area contributed by atoms with Crippen LogP contribution in [0.15, 0.2) is 11.6 Å². The molecule has 8 nitrogen and oxygen atoms in total. The molecule has 4 aliphatic rings. The number of allylic oxidation sites excluding steroid dienone is 1. The number of methoxy groups -OCH3 is 1. The molecule has 0 aromatic carbocycles. The van der Waals surface area contributed by atoms with Crippen LogP contribution in [0.2, 0.25) is 0 Å². The predicted octanol–water partition coefficient (Wildman–Crippen LogP) is 4.07. The minimum absolute atomic E-state index is 0.0273. The number of carbonyl (C=O) groups is 2. The Hall–Kier alpha value is -1.48. The Bertz CT molecular complexity index is 896. The van der Waals surface area contributed by atoms with E-state index in [1.807, 2.05) is 0 Å². The number of hydrogen-bond donors (Lipinski definition) is 4. The molecule has 1 unspecified atom stereocenters. The average Bonchev–Trinajstić information content (AvgIpc) is 3.26. The number of amides is 1. The largest absolute Gasteiger partial charge is 0.462 e. The first-order chi connectivity index (χ1) is 19.2. The van der Waals surface area contributed by atoms with Crippen molar-refractivity contribution >= 4 is 11.9 Å². The van der Waals surface area contributed by atoms with E-state index < -0.39 is 0 Å². The van der Waals surface area contributed by atoms with Gasteiger partial charge in [0.1, 0.15) is 6.10 Å². The Morgan fingerprint density at radius 1 is 1.07 bits per heavy atom. The third-order valence-electron chi connectivity index (χ3n) is 11.0. The maximum absolute atomic E-state index is 12.8. The third kappa shape index (κ3) is 7.29. The van der Waals surface area contributed by atoms with E-state index in [0.29, 0.717) is 37.1 Å². The Kier molecular flexibility index (Phi) is 11.1. The first-order valence-electron chi connectivity index (χ1n) is 15.9. The Morgan fingerprint density at radius 3 is 2.70 bits per heavy atom. The van der Waals surface area contributed by atoms with Gasteiger partial charge < -0.3 is 25.2 Å². The highest BCUT2D eigenvalue weighted by molar-refractivity contribution is 5.81. The smallest absolute Gasteiger partial charge is 0.306 e. The van der Waals surface area contributed by atoms with Gasteiger partial charge >= 0.3 is 5.97 Å². The van der Waals surface area contributed by atoms with Gasteiger partial charge in [-0.05, 0) is 94.3 Å². The molecule has 4 aliphatic carbocycles. The fourth-order valence-corrected chi connectivity index (χ4v) is 8.63. The van der Waals surface area contributed by atoms with Gasteiger partial charge in [-0.2, -0.15) is 0 Å². The van der Waals surface area contributed by atoms with Crippen LogP contribution in [0.3, 0.4) is 0 Å². The molecule has 0 bridgehead atoms. The zero-order valence-corrected chi connectivity index (χ0v) is 25.4. The number of esters is 1. The summed E-state index contributed by atoms with van der Waals surface area (Å²) in [6.07, 6.45) is 12.7. The SMILES string of the molecule is COCNCCNC(C)CCCNC(=O)CCC(=O)O[C@H]1CC[C@H]2[C@@H]3CC=C4C[C@@H](O)CC[C@]4(C)[C@H]3CC[C@]12C. The van der Waals surface area contributed by atoms with Crippen molar-refractivity contribution in [1.82, 2.24) is 16.0 Å². The summed E-state index contributed by atoms with van der Waals surface area (Å²) in [5.74, 6) is 1.58. The summed E-state index contributed by atoms with van der Waals surface area (Å²) in [7, 11) is 1.67. The zero-order valence-electron chi connectivity index (χ0n) is 25.4. The van der Waals surface area contributed by atoms with E-state index in [1.54, 1.807) is 7.11 Å². The second-order valence-corrected chi connectivity index (χ2v) is 13.5. The second kappa shape index (κ2) is 14.1. The summed E-state index contributed by atoms with van der Waals surface area (Å²) in [5.41, 5.74) is 1.74. The quantitative estimate of drug-likeness (QED) is 0.110. The van der Waals surface area contributed by atoms with E-state index in [9.17, 15) is 14.7 Å². The summed E-state index contributed by atoms with van der Waals surface area (Å²) < 4.78 is 11.1. The fourth-order valence-electron chi connectivity index (χ4n) is 8.63. The molecule has 0 radical (unpaired) electrons. The number of fused-ring (bicyclic) bond motifs is 5. The van der Waals surface area contributed by atoms with Crippen molar-refractivity contribution in [3.63, 3.8) is 0 Å². The maximum atomic E-state index is 12.8. The van der Waals surface area contributed by atoms with Gasteiger partial charge in [-0.1, -0.05) is 25.5 Å². The molecule has 3 saturated carbocycles. The molecule has 8 heteroatoms. The zero-order chi connectivity index (χ0) is 28.8. The van der Waals surface area contributed by atoms with Crippen LogP contribution in [0.1, 0.15) is 97.8 Å². The molecule has 0 heterocycles. The summed E-state index contributed by atoms with van der Waals surface area (Å²) in [5, 5.41) is 19.8. The molecular formula is C32H55N3O5. The monoisotopic (exact) mass is 561 g/mol. The molecule has 0 saturated heterocycles. The fraction of sp³-hybridized carbons (Fsp3) is 0.875. The van der Waals surface area contributed by atoms with Crippen molar-refractivity contribution in [1.29, 1.82) is 0 Å². The van der Waals surface area contributed by atoms with Crippen LogP contribution in [-0.4, -0.2) is 68.7 Å². The van der Waals surface area contributed by atoms with Gasteiger partial charge in [0.15, 0.2) is 0 Å². The highest BCUT2D eigenvalue weighted by Gasteiger charge is 2.59. The lowest BCUT2D eigenvalue weighted by Gasteiger charge is -2.57. The normalized spacial score (nSPS) is 35.6. The summed E-state index contributed by atoms with van der Waals surface area (Å²) >= 11 is 0. The number of rotatable bonds is 14. The van der Waals surface area contributed by atoms with Gasteiger partial charge in [0.25, 0.3) is 0 Å². The van der Waals surface area contributed by atoms with Gasteiger partial charge in [0, 0.05) is 44.6 Å². The van der Waals surface area contributed by atoms with Crippen LogP contribution in [0.5, 0.6) is 0 Å². The first kappa shape index (κ1) is 31.5. The summed E-state index contributed by atoms with van der Waals surface area (Å²) in [6.45, 7) is 9.87. The molecule has 0 spiro atoms. The highest BCUT2D eigenvalue weighted by Crippen LogP contribution is 2.65. The van der Waals surface area contributed by atoms with E-state index in [4.69, 9.17) is 9.47 Å². The molecule has 0 aromatic rings. The second-order valence-electron chi connectivity index (χ2n) is 13.5. The lowest BCUT2D eigenvalue weighted by atomic mass is 9.48. The molecule has 1 amide bonds. The van der Waals surface area contributed by atoms with Crippen molar-refractivity contribution in [2.24, 2.45) is 28.6 Å². The molecule has 228 valence electrons. The van der Waals surface area contributed by atoms with Crippen molar-refractivity contribution in [2.45, 2.75) is 116 Å². The number of hydrogen-bond acceptors (Lipinski definition) is 7. The van der Waals surface area contributed by atoms with E-state index in [0.717, 1.165) is 70.9 Å². The van der Waals surface area contributed by atoms with Crippen LogP contribution in [0, 0.1) is 28.6 Å². The molecule has 3 fully saturated rings. The van der Waals surface area contributed by atoms with Crippen LogP contribution in [0.25, 0.3) is 0 Å². The Labute approximate surface area is 241 Å². The number of carbonyl (C=O) groups excluding carboxylic acids is 2. The van der Waals surface area contributed by atoms with Crippen LogP contribution >= 0.6 is 0 Å². The van der Waals surface area contributed by atoms with Crippen molar-refractivity contribution in [3.8, 4) is 0 Å². The molecule has 0 aliphatic heterocycles. The average molecular weight is 562 g/mol. The van der Waals surface area contributed by atoms with Crippen molar-refractivity contribution in [2.75, 3.05) is 33.5 Å². The van der Waals surface area contributed by atoms with Crippen LogP contribution in [-0.2, 0) is 19.1 Å². The standard InChI is InChI=1S/C32H55N3O5/c1-22(34-19-18-33-21-39-4)6-5-17-35-29(37)11-12-30(38)40-28-10-9-26-25-8-7-23-20-24(36)13-15-31(23,2)27(25)14-16-32(26,28)3/h7,22,24-28,33-34,36H,5-6,8-21H2,1-4H3,(H,35,37)/t22?,24-,25-,26-,27-,28-,31-,32-/m0/s1. The first-order valence-corrected chi connectivity index (χ1v) is 15.9. The lowest BCUT2D eigenvalue weighted by Crippen LogP contribution is -2.51. The minimum atomic E-state index is -0.233.